The molecule has 3 rings (SSSR count). The molecule has 28 heavy (non-hydrogen) atoms. The molecule has 0 amide bonds. The second-order valence-corrected chi connectivity index (χ2v) is 7.05. The Morgan fingerprint density at radius 3 is 2.25 bits per heavy atom. The fourth-order valence-electron chi connectivity index (χ4n) is 3.40. The maximum absolute atomic E-state index is 12.2. The lowest BCUT2D eigenvalue weighted by molar-refractivity contribution is -0.144. The summed E-state index contributed by atoms with van der Waals surface area (Å²) in [5.74, 6) is -0.218. The number of rotatable bonds is 9. The van der Waals surface area contributed by atoms with Gasteiger partial charge >= 0.3 is 5.97 Å². The highest BCUT2D eigenvalue weighted by molar-refractivity contribution is 5.74. The molecule has 0 bridgehead atoms. The molecule has 0 aliphatic carbocycles. The summed E-state index contributed by atoms with van der Waals surface area (Å²) in [6.45, 7) is 1.02. The van der Waals surface area contributed by atoms with E-state index in [9.17, 15) is 4.79 Å². The Kier molecular flexibility index (Phi) is 6.90. The summed E-state index contributed by atoms with van der Waals surface area (Å²) in [6, 6.07) is 22.5. The van der Waals surface area contributed by atoms with Crippen LogP contribution in [-0.4, -0.2) is 31.2 Å². The average Bonchev–Trinajstić information content (AvgIpc) is 3.27. The topological polar surface area (TPSA) is 34.5 Å². The van der Waals surface area contributed by atoms with Crippen LogP contribution >= 0.6 is 0 Å². The van der Waals surface area contributed by atoms with E-state index in [1.54, 1.807) is 0 Å². The first-order chi connectivity index (χ1) is 13.7. The van der Waals surface area contributed by atoms with E-state index in [0.29, 0.717) is 6.42 Å². The molecule has 0 unspecified atom stereocenters. The van der Waals surface area contributed by atoms with Crippen molar-refractivity contribution >= 4 is 11.7 Å². The highest BCUT2D eigenvalue weighted by Gasteiger charge is 2.20. The van der Waals surface area contributed by atoms with E-state index in [0.717, 1.165) is 24.9 Å². The van der Waals surface area contributed by atoms with Gasteiger partial charge in [-0.05, 0) is 48.2 Å². The monoisotopic (exact) mass is 376 g/mol. The van der Waals surface area contributed by atoms with Crippen molar-refractivity contribution in [3.63, 3.8) is 0 Å². The Morgan fingerprint density at radius 2 is 1.61 bits per heavy atom. The number of anilines is 1. The van der Waals surface area contributed by atoms with Crippen molar-refractivity contribution in [2.24, 2.45) is 0 Å². The number of hydrogen-bond donors (Lipinski definition) is 0. The first-order valence-electron chi connectivity index (χ1n) is 9.71. The van der Waals surface area contributed by atoms with Crippen LogP contribution in [0.1, 0.15) is 23.6 Å². The molecule has 0 radical (unpaired) electrons. The maximum atomic E-state index is 12.2. The molecule has 1 aromatic heterocycles. The van der Waals surface area contributed by atoms with Gasteiger partial charge in [-0.2, -0.15) is 0 Å². The van der Waals surface area contributed by atoms with Crippen LogP contribution in [0.5, 0.6) is 0 Å². The van der Waals surface area contributed by atoms with E-state index in [1.807, 2.05) is 35.2 Å². The minimum absolute atomic E-state index is 0.218. The minimum atomic E-state index is -0.328. The molecule has 0 saturated carbocycles. The Hall–Kier alpha value is -3.01. The highest BCUT2D eigenvalue weighted by Crippen LogP contribution is 2.18. The molecule has 0 aliphatic heterocycles. The number of para-hydroxylation sites is 1. The van der Waals surface area contributed by atoms with Gasteiger partial charge < -0.3 is 14.2 Å². The number of carbonyl (C=O) groups is 1. The average molecular weight is 376 g/mol. The molecule has 0 spiro atoms. The molecule has 0 N–H and O–H groups in total. The van der Waals surface area contributed by atoms with E-state index >= 15 is 0 Å². The number of aromatic nitrogens is 1. The summed E-state index contributed by atoms with van der Waals surface area (Å²) in [7, 11) is 3.57. The van der Waals surface area contributed by atoms with Crippen LogP contribution < -0.4 is 4.90 Å². The molecule has 3 aromatic rings. The van der Waals surface area contributed by atoms with Gasteiger partial charge in [-0.15, -0.1) is 0 Å². The van der Waals surface area contributed by atoms with Crippen molar-refractivity contribution in [2.45, 2.75) is 25.3 Å². The molecule has 146 valence electrons. The van der Waals surface area contributed by atoms with Crippen molar-refractivity contribution in [1.82, 2.24) is 4.57 Å². The minimum Gasteiger partial charge on any atom is -0.467 e. The second-order valence-electron chi connectivity index (χ2n) is 7.05. The molecule has 4 nitrogen and oxygen atoms in total. The highest BCUT2D eigenvalue weighted by atomic mass is 16.5. The van der Waals surface area contributed by atoms with Crippen LogP contribution in [0.2, 0.25) is 0 Å². The van der Waals surface area contributed by atoms with Gasteiger partial charge in [0.25, 0.3) is 0 Å². The predicted molar refractivity (Wildman–Crippen MR) is 114 cm³/mol. The third kappa shape index (κ3) is 5.26. The molecular formula is C24H28N2O2. The van der Waals surface area contributed by atoms with E-state index in [1.165, 1.54) is 18.4 Å². The van der Waals surface area contributed by atoms with E-state index in [4.69, 9.17) is 4.74 Å². The number of benzene rings is 2. The molecule has 4 heteroatoms. The zero-order chi connectivity index (χ0) is 19.8. The molecule has 0 saturated heterocycles. The summed E-state index contributed by atoms with van der Waals surface area (Å²) < 4.78 is 6.88. The number of ether oxygens (including phenoxy) is 1. The SMILES string of the molecule is COC(=O)[C@H](Cc1ccc(CCCN(C)c2ccccc2)cc1)n1cccc1. The summed E-state index contributed by atoms with van der Waals surface area (Å²) in [6.07, 6.45) is 6.56. The van der Waals surface area contributed by atoms with Gasteiger partial charge in [0.2, 0.25) is 0 Å². The third-order valence-corrected chi connectivity index (χ3v) is 5.07. The van der Waals surface area contributed by atoms with Crippen molar-refractivity contribution < 1.29 is 9.53 Å². The summed E-state index contributed by atoms with van der Waals surface area (Å²) >= 11 is 0. The molecule has 2 aromatic carbocycles. The number of esters is 1. The Labute approximate surface area is 167 Å². The molecule has 0 fully saturated rings. The Bertz CT molecular complexity index is 842. The van der Waals surface area contributed by atoms with Gasteiger partial charge in [0, 0.05) is 38.1 Å². The van der Waals surface area contributed by atoms with Crippen LogP contribution in [0, 0.1) is 0 Å². The van der Waals surface area contributed by atoms with E-state index in [-0.39, 0.29) is 12.0 Å². The fraction of sp³-hybridized carbons (Fsp3) is 0.292. The Balaban J connectivity index is 1.53. The fourth-order valence-corrected chi connectivity index (χ4v) is 3.40. The number of carbonyl (C=O) groups excluding carboxylic acids is 1. The predicted octanol–water partition coefficient (Wildman–Crippen LogP) is 4.51. The number of aryl methyl sites for hydroxylation is 1. The van der Waals surface area contributed by atoms with Crippen molar-refractivity contribution in [3.8, 4) is 0 Å². The lowest BCUT2D eigenvalue weighted by Crippen LogP contribution is -2.22. The standard InChI is InChI=1S/C24H28N2O2/c1-25(22-10-4-3-5-11-22)16-8-9-20-12-14-21(15-13-20)19-23(24(27)28-2)26-17-6-7-18-26/h3-7,10-15,17-18,23H,8-9,16,19H2,1-2H3/t23-/m0/s1. The van der Waals surface area contributed by atoms with Crippen LogP contribution in [0.15, 0.2) is 79.1 Å². The van der Waals surface area contributed by atoms with Crippen molar-refractivity contribution in [2.75, 3.05) is 25.6 Å². The first-order valence-corrected chi connectivity index (χ1v) is 9.71. The molecular weight excluding hydrogens is 348 g/mol. The number of nitrogens with zero attached hydrogens (tertiary/aromatic N) is 2. The lowest BCUT2D eigenvalue weighted by Gasteiger charge is -2.19. The van der Waals surface area contributed by atoms with Gasteiger partial charge in [0.15, 0.2) is 0 Å². The van der Waals surface area contributed by atoms with Crippen LogP contribution in [0.25, 0.3) is 0 Å². The van der Waals surface area contributed by atoms with Crippen molar-refractivity contribution in [3.05, 3.63) is 90.3 Å². The maximum Gasteiger partial charge on any atom is 0.329 e. The smallest absolute Gasteiger partial charge is 0.329 e. The van der Waals surface area contributed by atoms with E-state index in [2.05, 4.69) is 60.5 Å². The van der Waals surface area contributed by atoms with Gasteiger partial charge in [-0.1, -0.05) is 42.5 Å². The van der Waals surface area contributed by atoms with Crippen LogP contribution in [0.4, 0.5) is 5.69 Å². The van der Waals surface area contributed by atoms with E-state index < -0.39 is 0 Å². The number of hydrogen-bond acceptors (Lipinski definition) is 3. The van der Waals surface area contributed by atoms with Gasteiger partial charge in [0.05, 0.1) is 7.11 Å². The summed E-state index contributed by atoms with van der Waals surface area (Å²) in [4.78, 5) is 14.4. The summed E-state index contributed by atoms with van der Waals surface area (Å²) in [5.41, 5.74) is 3.70. The van der Waals surface area contributed by atoms with Crippen molar-refractivity contribution in [1.29, 1.82) is 0 Å². The van der Waals surface area contributed by atoms with Gasteiger partial charge in [-0.3, -0.25) is 0 Å². The normalized spacial score (nSPS) is 11.8. The second kappa shape index (κ2) is 9.79. The molecule has 1 atom stereocenters. The van der Waals surface area contributed by atoms with Gasteiger partial charge in [0.1, 0.15) is 6.04 Å². The largest absolute Gasteiger partial charge is 0.467 e. The zero-order valence-corrected chi connectivity index (χ0v) is 16.6. The zero-order valence-electron chi connectivity index (χ0n) is 16.6. The van der Waals surface area contributed by atoms with Gasteiger partial charge in [-0.25, -0.2) is 4.79 Å². The van der Waals surface area contributed by atoms with Crippen LogP contribution in [-0.2, 0) is 22.4 Å². The summed E-state index contributed by atoms with van der Waals surface area (Å²) in [5, 5.41) is 0. The molecule has 1 heterocycles. The number of methoxy groups -OCH3 is 1. The quantitative estimate of drug-likeness (QED) is 0.515. The lowest BCUT2D eigenvalue weighted by atomic mass is 10.0. The third-order valence-electron chi connectivity index (χ3n) is 5.07. The first kappa shape index (κ1) is 19.7. The van der Waals surface area contributed by atoms with Crippen LogP contribution in [0.3, 0.4) is 0 Å². The molecule has 0 aliphatic rings. The Morgan fingerprint density at radius 1 is 0.964 bits per heavy atom.